The van der Waals surface area contributed by atoms with Crippen molar-refractivity contribution in [2.45, 2.75) is 57.7 Å². The van der Waals surface area contributed by atoms with Gasteiger partial charge in [0.1, 0.15) is 5.82 Å². The van der Waals surface area contributed by atoms with E-state index in [-0.39, 0.29) is 11.5 Å². The standard InChI is InChI=1S/C20H29N5O/c1-2-12-24(17-9-5-16(21)6-10-17)14-15-3-7-18(8-4-15)25-13-11-19(22)23-20(25)26/h3-4,7-8,11,13,16-17H,2,5-6,9-10,12,14,21H2,1H3,(H2,22,23,26)/t16-,17-. The summed E-state index contributed by atoms with van der Waals surface area (Å²) in [6.45, 7) is 4.26. The zero-order chi connectivity index (χ0) is 18.5. The molecule has 2 aromatic rings. The number of hydrogen-bond acceptors (Lipinski definition) is 5. The largest absolute Gasteiger partial charge is 0.383 e. The van der Waals surface area contributed by atoms with Crippen molar-refractivity contribution in [2.24, 2.45) is 5.73 Å². The van der Waals surface area contributed by atoms with Crippen LogP contribution in [-0.4, -0.2) is 33.1 Å². The number of nitrogens with two attached hydrogens (primary N) is 2. The van der Waals surface area contributed by atoms with Gasteiger partial charge in [-0.3, -0.25) is 9.47 Å². The molecule has 1 aliphatic rings. The first-order valence-electron chi connectivity index (χ1n) is 9.51. The minimum absolute atomic E-state index is 0.241. The van der Waals surface area contributed by atoms with Crippen molar-refractivity contribution in [1.82, 2.24) is 14.5 Å². The highest BCUT2D eigenvalue weighted by Gasteiger charge is 2.23. The molecule has 0 atom stereocenters. The van der Waals surface area contributed by atoms with Crippen LogP contribution in [0, 0.1) is 0 Å². The molecule has 1 fully saturated rings. The van der Waals surface area contributed by atoms with Crippen LogP contribution in [0.4, 0.5) is 5.82 Å². The summed E-state index contributed by atoms with van der Waals surface area (Å²) in [5.41, 5.74) is 13.3. The van der Waals surface area contributed by atoms with Crippen LogP contribution in [0.5, 0.6) is 0 Å². The van der Waals surface area contributed by atoms with E-state index < -0.39 is 0 Å². The van der Waals surface area contributed by atoms with Gasteiger partial charge in [-0.1, -0.05) is 19.1 Å². The molecule has 140 valence electrons. The molecule has 0 radical (unpaired) electrons. The van der Waals surface area contributed by atoms with Gasteiger partial charge in [-0.05, 0) is 62.4 Å². The van der Waals surface area contributed by atoms with Gasteiger partial charge in [-0.15, -0.1) is 0 Å². The number of nitrogen functional groups attached to an aromatic ring is 1. The molecule has 0 spiro atoms. The second kappa shape index (κ2) is 8.47. The Labute approximate surface area is 154 Å². The molecule has 0 unspecified atom stereocenters. The molecule has 1 aromatic carbocycles. The summed E-state index contributed by atoms with van der Waals surface area (Å²) < 4.78 is 1.51. The van der Waals surface area contributed by atoms with Crippen LogP contribution in [0.15, 0.2) is 41.3 Å². The van der Waals surface area contributed by atoms with Crippen LogP contribution >= 0.6 is 0 Å². The number of hydrogen-bond donors (Lipinski definition) is 2. The molecule has 6 heteroatoms. The Kier molecular flexibility index (Phi) is 6.06. The molecule has 0 amide bonds. The number of anilines is 1. The summed E-state index contributed by atoms with van der Waals surface area (Å²) in [5.74, 6) is 0.241. The molecule has 1 saturated carbocycles. The lowest BCUT2D eigenvalue weighted by atomic mass is 9.90. The lowest BCUT2D eigenvalue weighted by Gasteiger charge is -2.36. The van der Waals surface area contributed by atoms with Gasteiger partial charge >= 0.3 is 5.69 Å². The Morgan fingerprint density at radius 3 is 2.46 bits per heavy atom. The summed E-state index contributed by atoms with van der Waals surface area (Å²) in [6.07, 6.45) is 7.42. The maximum Gasteiger partial charge on any atom is 0.354 e. The number of aromatic nitrogens is 2. The second-order valence-electron chi connectivity index (χ2n) is 7.21. The van der Waals surface area contributed by atoms with Crippen LogP contribution in [0.3, 0.4) is 0 Å². The van der Waals surface area contributed by atoms with Crippen molar-refractivity contribution >= 4 is 5.82 Å². The Balaban J connectivity index is 1.71. The fraction of sp³-hybridized carbons (Fsp3) is 0.500. The van der Waals surface area contributed by atoms with Gasteiger partial charge in [0.25, 0.3) is 0 Å². The zero-order valence-electron chi connectivity index (χ0n) is 15.5. The van der Waals surface area contributed by atoms with Gasteiger partial charge < -0.3 is 11.5 Å². The summed E-state index contributed by atoms with van der Waals surface area (Å²) in [5, 5.41) is 0. The zero-order valence-corrected chi connectivity index (χ0v) is 15.5. The van der Waals surface area contributed by atoms with Gasteiger partial charge in [0.2, 0.25) is 0 Å². The Bertz CT molecular complexity index is 763. The maximum absolute atomic E-state index is 12.0. The van der Waals surface area contributed by atoms with Gasteiger partial charge in [0.05, 0.1) is 5.69 Å². The predicted molar refractivity (Wildman–Crippen MR) is 105 cm³/mol. The SMILES string of the molecule is CCCN(Cc1ccc(-n2ccc(N)nc2=O)cc1)[C@H]1CC[C@H](N)CC1. The van der Waals surface area contributed by atoms with Crippen LogP contribution in [0.1, 0.15) is 44.6 Å². The Morgan fingerprint density at radius 1 is 1.15 bits per heavy atom. The molecule has 0 bridgehead atoms. The first-order chi connectivity index (χ1) is 12.6. The lowest BCUT2D eigenvalue weighted by Crippen LogP contribution is -2.40. The quantitative estimate of drug-likeness (QED) is 0.830. The molecular formula is C20H29N5O. The maximum atomic E-state index is 12.0. The normalized spacial score (nSPS) is 20.4. The lowest BCUT2D eigenvalue weighted by molar-refractivity contribution is 0.142. The van der Waals surface area contributed by atoms with E-state index in [9.17, 15) is 4.79 Å². The molecule has 4 N–H and O–H groups in total. The van der Waals surface area contributed by atoms with Crippen molar-refractivity contribution < 1.29 is 0 Å². The third kappa shape index (κ3) is 4.51. The molecule has 0 saturated heterocycles. The monoisotopic (exact) mass is 355 g/mol. The third-order valence-corrected chi connectivity index (χ3v) is 5.19. The summed E-state index contributed by atoms with van der Waals surface area (Å²) in [4.78, 5) is 18.3. The van der Waals surface area contributed by atoms with Crippen LogP contribution in [-0.2, 0) is 6.54 Å². The smallest absolute Gasteiger partial charge is 0.354 e. The van der Waals surface area contributed by atoms with Crippen molar-refractivity contribution in [3.63, 3.8) is 0 Å². The molecule has 3 rings (SSSR count). The van der Waals surface area contributed by atoms with E-state index in [1.54, 1.807) is 12.3 Å². The first kappa shape index (κ1) is 18.6. The van der Waals surface area contributed by atoms with Gasteiger partial charge in [-0.2, -0.15) is 4.98 Å². The molecule has 1 heterocycles. The fourth-order valence-electron chi connectivity index (χ4n) is 3.75. The van der Waals surface area contributed by atoms with Gasteiger partial charge in [0, 0.05) is 24.8 Å². The molecule has 1 aliphatic carbocycles. The molecule has 26 heavy (non-hydrogen) atoms. The van der Waals surface area contributed by atoms with E-state index in [4.69, 9.17) is 11.5 Å². The summed E-state index contributed by atoms with van der Waals surface area (Å²) in [7, 11) is 0. The molecule has 1 aromatic heterocycles. The van der Waals surface area contributed by atoms with E-state index in [0.717, 1.165) is 38.0 Å². The molecule has 6 nitrogen and oxygen atoms in total. The molecular weight excluding hydrogens is 326 g/mol. The summed E-state index contributed by atoms with van der Waals surface area (Å²) in [6, 6.07) is 10.8. The number of rotatable bonds is 6. The Hall–Kier alpha value is -2.18. The van der Waals surface area contributed by atoms with E-state index in [1.807, 2.05) is 12.1 Å². The van der Waals surface area contributed by atoms with E-state index in [0.29, 0.717) is 12.1 Å². The highest BCUT2D eigenvalue weighted by molar-refractivity contribution is 5.36. The Morgan fingerprint density at radius 2 is 1.85 bits per heavy atom. The average Bonchev–Trinajstić information content (AvgIpc) is 2.63. The number of benzene rings is 1. The van der Waals surface area contributed by atoms with Gasteiger partial charge in [0.15, 0.2) is 0 Å². The fourth-order valence-corrected chi connectivity index (χ4v) is 3.75. The van der Waals surface area contributed by atoms with Gasteiger partial charge in [-0.25, -0.2) is 4.79 Å². The molecule has 0 aliphatic heterocycles. The van der Waals surface area contributed by atoms with Crippen molar-refractivity contribution in [3.8, 4) is 5.69 Å². The topological polar surface area (TPSA) is 90.2 Å². The highest BCUT2D eigenvalue weighted by Crippen LogP contribution is 2.24. The van der Waals surface area contributed by atoms with Crippen LogP contribution in [0.25, 0.3) is 5.69 Å². The first-order valence-corrected chi connectivity index (χ1v) is 9.51. The van der Waals surface area contributed by atoms with E-state index in [2.05, 4.69) is 28.9 Å². The minimum Gasteiger partial charge on any atom is -0.383 e. The van der Waals surface area contributed by atoms with Crippen LogP contribution in [0.2, 0.25) is 0 Å². The second-order valence-corrected chi connectivity index (χ2v) is 7.21. The third-order valence-electron chi connectivity index (χ3n) is 5.19. The van der Waals surface area contributed by atoms with E-state index in [1.165, 1.54) is 23.0 Å². The highest BCUT2D eigenvalue weighted by atomic mass is 16.1. The van der Waals surface area contributed by atoms with Crippen LogP contribution < -0.4 is 17.2 Å². The average molecular weight is 355 g/mol. The number of nitrogens with zero attached hydrogens (tertiary/aromatic N) is 3. The van der Waals surface area contributed by atoms with Crippen molar-refractivity contribution in [2.75, 3.05) is 12.3 Å². The minimum atomic E-state index is -0.357. The van der Waals surface area contributed by atoms with Crippen molar-refractivity contribution in [3.05, 3.63) is 52.6 Å². The summed E-state index contributed by atoms with van der Waals surface area (Å²) >= 11 is 0. The van der Waals surface area contributed by atoms with E-state index >= 15 is 0 Å². The van der Waals surface area contributed by atoms with Crippen molar-refractivity contribution in [1.29, 1.82) is 0 Å². The predicted octanol–water partition coefficient (Wildman–Crippen LogP) is 2.30.